The first-order chi connectivity index (χ1) is 13.2. The van der Waals surface area contributed by atoms with Crippen LogP contribution in [0.1, 0.15) is 24.4 Å². The number of hydrogen-bond acceptors (Lipinski definition) is 6. The Bertz CT molecular complexity index is 1190. The van der Waals surface area contributed by atoms with E-state index in [1.807, 2.05) is 48.5 Å². The number of nitriles is 2. The lowest BCUT2D eigenvalue weighted by Gasteiger charge is -1.87. The quantitative estimate of drug-likeness (QED) is 0.442. The summed E-state index contributed by atoms with van der Waals surface area (Å²) < 4.78 is 5.16. The molecule has 0 aliphatic rings. The summed E-state index contributed by atoms with van der Waals surface area (Å²) >= 11 is 4.50. The highest BCUT2D eigenvalue weighted by Gasteiger charge is 1.99. The van der Waals surface area contributed by atoms with Gasteiger partial charge in [-0.25, -0.2) is 0 Å². The molecule has 0 saturated carbocycles. The molecule has 3 nitrogen and oxygen atoms in total. The van der Waals surface area contributed by atoms with Crippen LogP contribution in [0.15, 0.2) is 42.0 Å². The van der Waals surface area contributed by atoms with E-state index in [0.717, 1.165) is 29.4 Å². The molecule has 128 valence electrons. The highest BCUT2D eigenvalue weighted by atomic mass is 32.1. The first-order valence-corrected chi connectivity index (χ1v) is 10.0. The summed E-state index contributed by atoms with van der Waals surface area (Å²) in [6.45, 7) is 0. The van der Waals surface area contributed by atoms with E-state index in [1.165, 1.54) is 22.7 Å². The van der Waals surface area contributed by atoms with E-state index >= 15 is 0 Å². The second-order valence-electron chi connectivity index (χ2n) is 4.97. The van der Waals surface area contributed by atoms with Crippen molar-refractivity contribution in [1.29, 1.82) is 10.5 Å². The predicted octanol–water partition coefficient (Wildman–Crippen LogP) is 5.11. The van der Waals surface area contributed by atoms with Gasteiger partial charge in [0.1, 0.15) is 17.7 Å². The summed E-state index contributed by atoms with van der Waals surface area (Å²) in [6.07, 6.45) is 1.56. The van der Waals surface area contributed by atoms with E-state index in [2.05, 4.69) is 23.7 Å². The zero-order valence-electron chi connectivity index (χ0n) is 14.1. The summed E-state index contributed by atoms with van der Waals surface area (Å²) in [5.74, 6) is 12.5. The van der Waals surface area contributed by atoms with Crippen LogP contribution in [-0.2, 0) is 0 Å². The maximum absolute atomic E-state index is 8.80. The summed E-state index contributed by atoms with van der Waals surface area (Å²) in [4.78, 5) is 4.56. The monoisotopic (exact) mass is 402 g/mol. The van der Waals surface area contributed by atoms with Crippen molar-refractivity contribution >= 4 is 40.1 Å². The fraction of sp³-hybridized carbons (Fsp3) is 0.0476. The molecule has 0 unspecified atom stereocenters. The Labute approximate surface area is 169 Å². The fourth-order valence-electron chi connectivity index (χ4n) is 1.95. The topological polar surface area (TPSA) is 56.8 Å². The molecule has 0 amide bonds. The molecular formula is C21H10N2OS3. The van der Waals surface area contributed by atoms with Gasteiger partial charge in [-0.15, -0.1) is 22.7 Å². The smallest absolute Gasteiger partial charge is 0.174 e. The van der Waals surface area contributed by atoms with Crippen LogP contribution in [0.25, 0.3) is 6.08 Å². The second-order valence-corrected chi connectivity index (χ2v) is 8.22. The summed E-state index contributed by atoms with van der Waals surface area (Å²) in [5.41, 5.74) is 0.0844. The van der Waals surface area contributed by atoms with E-state index in [9.17, 15) is 0 Å². The van der Waals surface area contributed by atoms with E-state index in [0.29, 0.717) is 0 Å². The predicted molar refractivity (Wildman–Crippen MR) is 111 cm³/mol. The van der Waals surface area contributed by atoms with Crippen LogP contribution in [0.4, 0.5) is 0 Å². The molecule has 3 aromatic rings. The van der Waals surface area contributed by atoms with E-state index in [1.54, 1.807) is 24.5 Å². The molecule has 0 aliphatic heterocycles. The van der Waals surface area contributed by atoms with Crippen LogP contribution in [0.3, 0.4) is 0 Å². The lowest BCUT2D eigenvalue weighted by atomic mass is 10.3. The van der Waals surface area contributed by atoms with Gasteiger partial charge in [0.25, 0.3) is 0 Å². The number of methoxy groups -OCH3 is 1. The van der Waals surface area contributed by atoms with Crippen LogP contribution in [0, 0.1) is 46.3 Å². The Balaban J connectivity index is 1.71. The molecule has 0 radical (unpaired) electrons. The first kappa shape index (κ1) is 18.5. The van der Waals surface area contributed by atoms with Gasteiger partial charge in [-0.05, 0) is 66.2 Å². The molecule has 0 atom stereocenters. The van der Waals surface area contributed by atoms with Crippen LogP contribution in [0.5, 0.6) is 5.06 Å². The van der Waals surface area contributed by atoms with Crippen LogP contribution < -0.4 is 4.74 Å². The van der Waals surface area contributed by atoms with E-state index < -0.39 is 0 Å². The molecule has 0 bridgehead atoms. The third kappa shape index (κ3) is 5.11. The third-order valence-electron chi connectivity index (χ3n) is 3.16. The minimum atomic E-state index is 0.0844. The van der Waals surface area contributed by atoms with Gasteiger partial charge in [-0.1, -0.05) is 11.3 Å². The molecule has 0 aromatic carbocycles. The van der Waals surface area contributed by atoms with Crippen molar-refractivity contribution in [3.63, 3.8) is 0 Å². The largest absolute Gasteiger partial charge is 0.487 e. The van der Waals surface area contributed by atoms with Gasteiger partial charge in [-0.2, -0.15) is 10.5 Å². The molecular weight excluding hydrogens is 392 g/mol. The molecule has 0 saturated heterocycles. The Hall–Kier alpha value is -3.26. The van der Waals surface area contributed by atoms with Crippen molar-refractivity contribution in [2.45, 2.75) is 0 Å². The Kier molecular flexibility index (Phi) is 6.11. The van der Waals surface area contributed by atoms with Gasteiger partial charge < -0.3 is 4.74 Å². The molecule has 0 spiro atoms. The van der Waals surface area contributed by atoms with Crippen molar-refractivity contribution < 1.29 is 4.74 Å². The Morgan fingerprint density at radius 1 is 0.778 bits per heavy atom. The maximum Gasteiger partial charge on any atom is 0.174 e. The average Bonchev–Trinajstić information content (AvgIpc) is 3.43. The second kappa shape index (κ2) is 8.91. The van der Waals surface area contributed by atoms with Crippen LogP contribution in [0.2, 0.25) is 0 Å². The van der Waals surface area contributed by atoms with E-state index in [4.69, 9.17) is 15.3 Å². The lowest BCUT2D eigenvalue weighted by molar-refractivity contribution is 0.427. The van der Waals surface area contributed by atoms with Gasteiger partial charge in [0, 0.05) is 4.88 Å². The van der Waals surface area contributed by atoms with Crippen molar-refractivity contribution in [3.8, 4) is 40.9 Å². The SMILES string of the molecule is COc1ccc(C#Cc2ccc(C#Cc3ccc(C=C(C#N)C#N)s3)s2)s1. The standard InChI is InChI=1S/C21H10N2OS3/c1-24-21-11-10-19(27-21)7-6-17-3-2-16(25-17)4-5-18-8-9-20(26-18)12-15(13-22)14-23/h2-3,8-12H,1H3. The van der Waals surface area contributed by atoms with Crippen molar-refractivity contribution in [2.75, 3.05) is 7.11 Å². The zero-order chi connectivity index (χ0) is 19.1. The number of nitrogens with zero attached hydrogens (tertiary/aromatic N) is 2. The number of hydrogen-bond donors (Lipinski definition) is 0. The van der Waals surface area contributed by atoms with Crippen LogP contribution >= 0.6 is 34.0 Å². The molecule has 0 aliphatic carbocycles. The van der Waals surface area contributed by atoms with Crippen molar-refractivity contribution in [2.24, 2.45) is 0 Å². The normalized spacial score (nSPS) is 9.00. The summed E-state index contributed by atoms with van der Waals surface area (Å²) in [6, 6.07) is 15.2. The molecule has 3 heterocycles. The molecule has 0 N–H and O–H groups in total. The maximum atomic E-state index is 8.80. The van der Waals surface area contributed by atoms with Crippen molar-refractivity contribution in [3.05, 3.63) is 66.4 Å². The number of rotatable bonds is 2. The summed E-state index contributed by atoms with van der Waals surface area (Å²) in [5, 5.41) is 18.4. The molecule has 3 aromatic heterocycles. The molecule has 0 fully saturated rings. The Morgan fingerprint density at radius 3 is 1.85 bits per heavy atom. The average molecular weight is 403 g/mol. The fourth-order valence-corrected chi connectivity index (χ4v) is 4.14. The number of ether oxygens (including phenoxy) is 1. The number of thiophene rings is 3. The third-order valence-corrected chi connectivity index (χ3v) is 5.99. The first-order valence-electron chi connectivity index (χ1n) is 7.59. The minimum absolute atomic E-state index is 0.0844. The van der Waals surface area contributed by atoms with E-state index in [-0.39, 0.29) is 5.57 Å². The van der Waals surface area contributed by atoms with Gasteiger partial charge in [0.05, 0.1) is 26.6 Å². The van der Waals surface area contributed by atoms with Crippen molar-refractivity contribution in [1.82, 2.24) is 0 Å². The highest BCUT2D eigenvalue weighted by molar-refractivity contribution is 7.14. The summed E-state index contributed by atoms with van der Waals surface area (Å²) in [7, 11) is 1.64. The minimum Gasteiger partial charge on any atom is -0.487 e. The lowest BCUT2D eigenvalue weighted by Crippen LogP contribution is -1.73. The molecule has 6 heteroatoms. The van der Waals surface area contributed by atoms with Gasteiger partial charge in [0.15, 0.2) is 5.06 Å². The van der Waals surface area contributed by atoms with Gasteiger partial charge >= 0.3 is 0 Å². The molecule has 3 rings (SSSR count). The van der Waals surface area contributed by atoms with Gasteiger partial charge in [-0.3, -0.25) is 0 Å². The highest BCUT2D eigenvalue weighted by Crippen LogP contribution is 2.23. The molecule has 27 heavy (non-hydrogen) atoms. The Morgan fingerprint density at radius 2 is 1.30 bits per heavy atom. The van der Waals surface area contributed by atoms with Gasteiger partial charge in [0.2, 0.25) is 0 Å². The van der Waals surface area contributed by atoms with Crippen LogP contribution in [-0.4, -0.2) is 7.11 Å². The number of allylic oxidation sites excluding steroid dienone is 1. The zero-order valence-corrected chi connectivity index (χ0v) is 16.5.